The van der Waals surface area contributed by atoms with Crippen LogP contribution in [0.25, 0.3) is 11.3 Å². The van der Waals surface area contributed by atoms with Gasteiger partial charge in [0.05, 0.1) is 29.6 Å². The van der Waals surface area contributed by atoms with Crippen LogP contribution < -0.4 is 16.0 Å². The van der Waals surface area contributed by atoms with Crippen LogP contribution in [0.5, 0.6) is 0 Å². The van der Waals surface area contributed by atoms with Crippen molar-refractivity contribution in [2.45, 2.75) is 13.5 Å². The van der Waals surface area contributed by atoms with Crippen molar-refractivity contribution in [2.24, 2.45) is 0 Å². The molecule has 0 bridgehead atoms. The SMILES string of the molecule is COC(=O)c1ccc2c(c1)NC(=O)/C2=C(\Nc1ccc(CN(C)CCNC(C)=O)cc1)c1ccccc1. The monoisotopic (exact) mass is 498 g/mol. The van der Waals surface area contributed by atoms with Gasteiger partial charge in [-0.05, 0) is 42.4 Å². The molecule has 0 aromatic heterocycles. The first kappa shape index (κ1) is 25.7. The average molecular weight is 499 g/mol. The lowest BCUT2D eigenvalue weighted by Gasteiger charge is -2.18. The van der Waals surface area contributed by atoms with Crippen LogP contribution in [0.15, 0.2) is 72.8 Å². The second kappa shape index (κ2) is 11.5. The van der Waals surface area contributed by atoms with Crippen molar-refractivity contribution in [3.63, 3.8) is 0 Å². The van der Waals surface area contributed by atoms with E-state index in [9.17, 15) is 14.4 Å². The number of carbonyl (C=O) groups is 3. The second-order valence-corrected chi connectivity index (χ2v) is 8.86. The van der Waals surface area contributed by atoms with Crippen LogP contribution in [0, 0.1) is 0 Å². The molecule has 1 aliphatic rings. The summed E-state index contributed by atoms with van der Waals surface area (Å²) in [4.78, 5) is 38.3. The molecule has 37 heavy (non-hydrogen) atoms. The molecule has 0 saturated carbocycles. The maximum absolute atomic E-state index is 13.1. The van der Waals surface area contributed by atoms with Crippen LogP contribution >= 0.6 is 0 Å². The number of nitrogens with zero attached hydrogens (tertiary/aromatic N) is 1. The first-order chi connectivity index (χ1) is 17.9. The van der Waals surface area contributed by atoms with Gasteiger partial charge in [-0.1, -0.05) is 48.5 Å². The van der Waals surface area contributed by atoms with Gasteiger partial charge in [0.25, 0.3) is 5.91 Å². The minimum Gasteiger partial charge on any atom is -0.465 e. The van der Waals surface area contributed by atoms with Crippen LogP contribution in [0.3, 0.4) is 0 Å². The predicted molar refractivity (Wildman–Crippen MR) is 145 cm³/mol. The van der Waals surface area contributed by atoms with Gasteiger partial charge in [0, 0.05) is 37.8 Å². The van der Waals surface area contributed by atoms with Crippen molar-refractivity contribution in [3.05, 3.63) is 95.1 Å². The summed E-state index contributed by atoms with van der Waals surface area (Å²) in [6, 6.07) is 22.8. The summed E-state index contributed by atoms with van der Waals surface area (Å²) in [7, 11) is 3.33. The minimum absolute atomic E-state index is 0.0327. The number of rotatable bonds is 9. The first-order valence-corrected chi connectivity index (χ1v) is 12.0. The molecule has 3 N–H and O–H groups in total. The van der Waals surface area contributed by atoms with Crippen molar-refractivity contribution in [1.82, 2.24) is 10.2 Å². The van der Waals surface area contributed by atoms with Gasteiger partial charge in [0.1, 0.15) is 0 Å². The number of fused-ring (bicyclic) bond motifs is 1. The fraction of sp³-hybridized carbons (Fsp3) is 0.207. The van der Waals surface area contributed by atoms with Crippen LogP contribution in [0.4, 0.5) is 11.4 Å². The number of likely N-dealkylation sites (N-methyl/N-ethyl adjacent to an activating group) is 1. The van der Waals surface area contributed by atoms with Crippen LogP contribution in [0.1, 0.15) is 34.0 Å². The van der Waals surface area contributed by atoms with E-state index in [4.69, 9.17) is 4.74 Å². The number of benzene rings is 3. The smallest absolute Gasteiger partial charge is 0.337 e. The summed E-state index contributed by atoms with van der Waals surface area (Å²) >= 11 is 0. The lowest BCUT2D eigenvalue weighted by Crippen LogP contribution is -2.31. The summed E-state index contributed by atoms with van der Waals surface area (Å²) in [6.07, 6.45) is 0. The Morgan fingerprint density at radius 2 is 1.70 bits per heavy atom. The first-order valence-electron chi connectivity index (χ1n) is 12.0. The highest BCUT2D eigenvalue weighted by Gasteiger charge is 2.29. The molecule has 0 unspecified atom stereocenters. The molecule has 1 heterocycles. The van der Waals surface area contributed by atoms with Gasteiger partial charge < -0.3 is 25.6 Å². The molecule has 8 heteroatoms. The molecule has 2 amide bonds. The molecule has 8 nitrogen and oxygen atoms in total. The summed E-state index contributed by atoms with van der Waals surface area (Å²) in [5, 5.41) is 9.14. The molecule has 0 spiro atoms. The number of esters is 1. The maximum atomic E-state index is 13.1. The second-order valence-electron chi connectivity index (χ2n) is 8.86. The number of carbonyl (C=O) groups excluding carboxylic acids is 3. The van der Waals surface area contributed by atoms with E-state index < -0.39 is 5.97 Å². The molecule has 0 aliphatic carbocycles. The molecule has 1 aliphatic heterocycles. The van der Waals surface area contributed by atoms with Crippen molar-refractivity contribution < 1.29 is 19.1 Å². The van der Waals surface area contributed by atoms with E-state index >= 15 is 0 Å². The molecule has 0 atom stereocenters. The molecule has 0 saturated heterocycles. The van der Waals surface area contributed by atoms with Gasteiger partial charge in [0.15, 0.2) is 0 Å². The van der Waals surface area contributed by atoms with Gasteiger partial charge in [-0.3, -0.25) is 9.59 Å². The maximum Gasteiger partial charge on any atom is 0.337 e. The number of methoxy groups -OCH3 is 1. The molecule has 0 radical (unpaired) electrons. The Morgan fingerprint density at radius 3 is 2.38 bits per heavy atom. The van der Waals surface area contributed by atoms with Crippen LogP contribution in [0.2, 0.25) is 0 Å². The molecule has 3 aromatic carbocycles. The van der Waals surface area contributed by atoms with E-state index in [1.54, 1.807) is 18.2 Å². The molecule has 4 rings (SSSR count). The summed E-state index contributed by atoms with van der Waals surface area (Å²) in [5.74, 6) is -0.743. The standard InChI is InChI=1S/C29H30N4O4/c1-19(34)30-15-16-33(2)18-20-9-12-23(13-10-20)31-27(21-7-5-4-6-8-21)26-24-14-11-22(29(36)37-3)17-25(24)32-28(26)35/h4-14,17,31H,15-16,18H2,1-3H3,(H,30,34)(H,32,35)/b27-26-. The Hall–Kier alpha value is -4.43. The fourth-order valence-corrected chi connectivity index (χ4v) is 4.20. The van der Waals surface area contributed by atoms with Crippen molar-refractivity contribution in [2.75, 3.05) is 37.9 Å². The topological polar surface area (TPSA) is 99.8 Å². The minimum atomic E-state index is -0.461. The third-order valence-electron chi connectivity index (χ3n) is 6.04. The molecular formula is C29H30N4O4. The summed E-state index contributed by atoms with van der Waals surface area (Å²) in [6.45, 7) is 3.60. The quantitative estimate of drug-likeness (QED) is 0.305. The zero-order chi connectivity index (χ0) is 26.4. The van der Waals surface area contributed by atoms with E-state index in [-0.39, 0.29) is 11.8 Å². The molecule has 190 valence electrons. The van der Waals surface area contributed by atoms with Crippen molar-refractivity contribution in [3.8, 4) is 0 Å². The van der Waals surface area contributed by atoms with E-state index in [0.29, 0.717) is 34.6 Å². The van der Waals surface area contributed by atoms with Gasteiger partial charge in [-0.2, -0.15) is 0 Å². The Kier molecular flexibility index (Phi) is 8.00. The summed E-state index contributed by atoms with van der Waals surface area (Å²) in [5.41, 5.74) is 5.64. The van der Waals surface area contributed by atoms with E-state index in [2.05, 4.69) is 20.9 Å². The van der Waals surface area contributed by atoms with Gasteiger partial charge in [-0.15, -0.1) is 0 Å². The normalized spacial score (nSPS) is 13.6. The lowest BCUT2D eigenvalue weighted by molar-refractivity contribution is -0.119. The highest BCUT2D eigenvalue weighted by molar-refractivity contribution is 6.37. The van der Waals surface area contributed by atoms with E-state index in [0.717, 1.165) is 29.9 Å². The number of nitrogens with one attached hydrogen (secondary N) is 3. The molecule has 3 aromatic rings. The molecular weight excluding hydrogens is 468 g/mol. The third-order valence-corrected chi connectivity index (χ3v) is 6.04. The molecule has 0 fully saturated rings. The van der Waals surface area contributed by atoms with Gasteiger partial charge in [0.2, 0.25) is 5.91 Å². The Morgan fingerprint density at radius 1 is 0.973 bits per heavy atom. The van der Waals surface area contributed by atoms with E-state index in [1.807, 2.05) is 61.6 Å². The largest absolute Gasteiger partial charge is 0.465 e. The third kappa shape index (κ3) is 6.23. The van der Waals surface area contributed by atoms with E-state index in [1.165, 1.54) is 14.0 Å². The Labute approximate surface area is 216 Å². The lowest BCUT2D eigenvalue weighted by atomic mass is 9.99. The van der Waals surface area contributed by atoms with Crippen LogP contribution in [-0.2, 0) is 20.9 Å². The number of anilines is 2. The zero-order valence-electron chi connectivity index (χ0n) is 21.1. The van der Waals surface area contributed by atoms with Crippen LogP contribution in [-0.4, -0.2) is 49.9 Å². The average Bonchev–Trinajstić information content (AvgIpc) is 3.22. The number of hydrogen-bond acceptors (Lipinski definition) is 6. The van der Waals surface area contributed by atoms with Gasteiger partial charge in [-0.25, -0.2) is 4.79 Å². The highest BCUT2D eigenvalue weighted by atomic mass is 16.5. The number of ether oxygens (including phenoxy) is 1. The number of hydrogen-bond donors (Lipinski definition) is 3. The predicted octanol–water partition coefficient (Wildman–Crippen LogP) is 3.97. The fourth-order valence-electron chi connectivity index (χ4n) is 4.20. The Bertz CT molecular complexity index is 1330. The summed E-state index contributed by atoms with van der Waals surface area (Å²) < 4.78 is 4.81. The van der Waals surface area contributed by atoms with Gasteiger partial charge >= 0.3 is 5.97 Å². The number of amides is 2. The Balaban J connectivity index is 1.61. The van der Waals surface area contributed by atoms with Crippen molar-refractivity contribution in [1.29, 1.82) is 0 Å². The van der Waals surface area contributed by atoms with Crippen molar-refractivity contribution >= 4 is 40.4 Å². The zero-order valence-corrected chi connectivity index (χ0v) is 21.1. The highest BCUT2D eigenvalue weighted by Crippen LogP contribution is 2.38.